The van der Waals surface area contributed by atoms with E-state index in [0.717, 1.165) is 12.8 Å². The zero-order valence-electron chi connectivity index (χ0n) is 7.30. The van der Waals surface area contributed by atoms with E-state index < -0.39 is 0 Å². The smallest absolute Gasteiger partial charge is 0.166 e. The number of hydrogen-bond donors (Lipinski definition) is 1. The Hall–Kier alpha value is -0.120. The summed E-state index contributed by atoms with van der Waals surface area (Å²) in [6.45, 7) is 5.30. The third-order valence-corrected chi connectivity index (χ3v) is 1.96. The minimum Gasteiger partial charge on any atom is -0.347 e. The highest BCUT2D eigenvalue weighted by molar-refractivity contribution is 4.74. The molecule has 2 unspecified atom stereocenters. The Morgan fingerprint density at radius 1 is 1.64 bits per heavy atom. The second-order valence-corrected chi connectivity index (χ2v) is 3.17. The van der Waals surface area contributed by atoms with Crippen molar-refractivity contribution in [2.24, 2.45) is 5.73 Å². The summed E-state index contributed by atoms with van der Waals surface area (Å²) in [5, 5.41) is 0. The van der Waals surface area contributed by atoms with Gasteiger partial charge in [0.1, 0.15) is 0 Å². The van der Waals surface area contributed by atoms with Crippen molar-refractivity contribution in [1.82, 2.24) is 0 Å². The average Bonchev–Trinajstić information content (AvgIpc) is 2.33. The average molecular weight is 159 g/mol. The van der Waals surface area contributed by atoms with Crippen molar-refractivity contribution in [3.63, 3.8) is 0 Å². The van der Waals surface area contributed by atoms with Crippen LogP contribution >= 0.6 is 0 Å². The van der Waals surface area contributed by atoms with Gasteiger partial charge < -0.3 is 15.2 Å². The molecule has 1 rings (SSSR count). The standard InChI is InChI=1S/C8H17NO2/c1-3-4-8(2)10-6-7(5-9)11-8/h7H,3-6,9H2,1-2H3. The van der Waals surface area contributed by atoms with E-state index in [1.54, 1.807) is 0 Å². The van der Waals surface area contributed by atoms with E-state index in [4.69, 9.17) is 15.2 Å². The third-order valence-electron chi connectivity index (χ3n) is 1.96. The van der Waals surface area contributed by atoms with E-state index >= 15 is 0 Å². The molecule has 66 valence electrons. The number of hydrogen-bond acceptors (Lipinski definition) is 3. The Morgan fingerprint density at radius 2 is 2.36 bits per heavy atom. The lowest BCUT2D eigenvalue weighted by Gasteiger charge is -2.22. The van der Waals surface area contributed by atoms with Crippen LogP contribution in [0.25, 0.3) is 0 Å². The first-order chi connectivity index (χ1) is 5.20. The van der Waals surface area contributed by atoms with Gasteiger partial charge in [-0.25, -0.2) is 0 Å². The molecule has 3 heteroatoms. The zero-order chi connectivity index (χ0) is 8.32. The van der Waals surface area contributed by atoms with Crippen LogP contribution in [0.5, 0.6) is 0 Å². The summed E-state index contributed by atoms with van der Waals surface area (Å²) in [6, 6.07) is 0. The van der Waals surface area contributed by atoms with E-state index in [0.29, 0.717) is 13.2 Å². The maximum absolute atomic E-state index is 5.59. The summed E-state index contributed by atoms with van der Waals surface area (Å²) in [4.78, 5) is 0. The van der Waals surface area contributed by atoms with Crippen molar-refractivity contribution in [3.8, 4) is 0 Å². The molecule has 0 saturated carbocycles. The minimum atomic E-state index is -0.362. The molecule has 0 spiro atoms. The fraction of sp³-hybridized carbons (Fsp3) is 1.00. The predicted octanol–water partition coefficient (Wildman–Crippen LogP) is 0.877. The van der Waals surface area contributed by atoms with Crippen LogP contribution in [-0.2, 0) is 9.47 Å². The van der Waals surface area contributed by atoms with Gasteiger partial charge in [0, 0.05) is 13.0 Å². The Kier molecular flexibility index (Phi) is 2.87. The Morgan fingerprint density at radius 3 is 2.82 bits per heavy atom. The van der Waals surface area contributed by atoms with Crippen LogP contribution in [0.1, 0.15) is 26.7 Å². The molecule has 1 aliphatic heterocycles. The van der Waals surface area contributed by atoms with E-state index in [1.165, 1.54) is 0 Å². The number of rotatable bonds is 3. The van der Waals surface area contributed by atoms with Gasteiger partial charge in [0.15, 0.2) is 5.79 Å². The summed E-state index contributed by atoms with van der Waals surface area (Å²) < 4.78 is 11.1. The third kappa shape index (κ3) is 2.15. The molecule has 0 aliphatic carbocycles. The second-order valence-electron chi connectivity index (χ2n) is 3.17. The van der Waals surface area contributed by atoms with Gasteiger partial charge in [0.05, 0.1) is 12.7 Å². The van der Waals surface area contributed by atoms with Crippen molar-refractivity contribution in [2.75, 3.05) is 13.2 Å². The van der Waals surface area contributed by atoms with Gasteiger partial charge in [-0.1, -0.05) is 13.3 Å². The Bertz CT molecular complexity index is 129. The highest BCUT2D eigenvalue weighted by Gasteiger charge is 2.35. The fourth-order valence-electron chi connectivity index (χ4n) is 1.39. The zero-order valence-corrected chi connectivity index (χ0v) is 7.30. The molecule has 0 aromatic rings. The van der Waals surface area contributed by atoms with Gasteiger partial charge in [0.25, 0.3) is 0 Å². The van der Waals surface area contributed by atoms with Gasteiger partial charge in [-0.2, -0.15) is 0 Å². The van der Waals surface area contributed by atoms with E-state index in [9.17, 15) is 0 Å². The molecule has 0 bridgehead atoms. The summed E-state index contributed by atoms with van der Waals surface area (Å²) in [5.74, 6) is -0.362. The molecule has 2 N–H and O–H groups in total. The molecule has 0 aromatic heterocycles. The number of ether oxygens (including phenoxy) is 2. The van der Waals surface area contributed by atoms with Gasteiger partial charge in [0.2, 0.25) is 0 Å². The molecule has 0 amide bonds. The monoisotopic (exact) mass is 159 g/mol. The summed E-state index contributed by atoms with van der Waals surface area (Å²) in [7, 11) is 0. The molecule has 1 saturated heterocycles. The molecular weight excluding hydrogens is 142 g/mol. The van der Waals surface area contributed by atoms with Crippen LogP contribution in [0.15, 0.2) is 0 Å². The second kappa shape index (κ2) is 3.52. The fourth-order valence-corrected chi connectivity index (χ4v) is 1.39. The number of nitrogens with two attached hydrogens (primary N) is 1. The van der Waals surface area contributed by atoms with Crippen LogP contribution in [0, 0.1) is 0 Å². The maximum Gasteiger partial charge on any atom is 0.166 e. The van der Waals surface area contributed by atoms with E-state index in [2.05, 4.69) is 6.92 Å². The topological polar surface area (TPSA) is 44.5 Å². The molecule has 0 radical (unpaired) electrons. The van der Waals surface area contributed by atoms with Crippen LogP contribution < -0.4 is 5.73 Å². The highest BCUT2D eigenvalue weighted by Crippen LogP contribution is 2.27. The first-order valence-electron chi connectivity index (χ1n) is 4.22. The van der Waals surface area contributed by atoms with Crippen LogP contribution in [0.2, 0.25) is 0 Å². The lowest BCUT2D eigenvalue weighted by molar-refractivity contribution is -0.157. The molecule has 1 aliphatic rings. The van der Waals surface area contributed by atoms with Crippen molar-refractivity contribution in [3.05, 3.63) is 0 Å². The SMILES string of the molecule is CCCC1(C)OCC(CN)O1. The van der Waals surface area contributed by atoms with Crippen LogP contribution in [-0.4, -0.2) is 25.0 Å². The van der Waals surface area contributed by atoms with Crippen LogP contribution in [0.3, 0.4) is 0 Å². The summed E-state index contributed by atoms with van der Waals surface area (Å²) >= 11 is 0. The molecule has 2 atom stereocenters. The minimum absolute atomic E-state index is 0.103. The quantitative estimate of drug-likeness (QED) is 0.664. The molecule has 3 nitrogen and oxygen atoms in total. The Labute approximate surface area is 67.9 Å². The molecular formula is C8H17NO2. The normalized spacial score (nSPS) is 37.9. The largest absolute Gasteiger partial charge is 0.347 e. The predicted molar refractivity (Wildman–Crippen MR) is 43.2 cm³/mol. The van der Waals surface area contributed by atoms with Crippen molar-refractivity contribution in [2.45, 2.75) is 38.6 Å². The molecule has 0 aromatic carbocycles. The lowest BCUT2D eigenvalue weighted by Crippen LogP contribution is -2.28. The van der Waals surface area contributed by atoms with Crippen LogP contribution in [0.4, 0.5) is 0 Å². The molecule has 1 fully saturated rings. The van der Waals surface area contributed by atoms with Crippen molar-refractivity contribution in [1.29, 1.82) is 0 Å². The van der Waals surface area contributed by atoms with E-state index in [-0.39, 0.29) is 11.9 Å². The van der Waals surface area contributed by atoms with Crippen molar-refractivity contribution >= 4 is 0 Å². The Balaban J connectivity index is 2.37. The summed E-state index contributed by atoms with van der Waals surface area (Å²) in [5.41, 5.74) is 5.45. The van der Waals surface area contributed by atoms with Gasteiger partial charge in [-0.05, 0) is 6.92 Å². The van der Waals surface area contributed by atoms with Gasteiger partial charge >= 0.3 is 0 Å². The lowest BCUT2D eigenvalue weighted by atomic mass is 10.2. The summed E-state index contributed by atoms with van der Waals surface area (Å²) in [6.07, 6.45) is 2.13. The molecule has 11 heavy (non-hydrogen) atoms. The van der Waals surface area contributed by atoms with Crippen molar-refractivity contribution < 1.29 is 9.47 Å². The molecule has 1 heterocycles. The highest BCUT2D eigenvalue weighted by atomic mass is 16.7. The first kappa shape index (κ1) is 8.97. The maximum atomic E-state index is 5.59. The van der Waals surface area contributed by atoms with Gasteiger partial charge in [-0.15, -0.1) is 0 Å². The van der Waals surface area contributed by atoms with E-state index in [1.807, 2.05) is 6.92 Å². The first-order valence-corrected chi connectivity index (χ1v) is 4.22. The van der Waals surface area contributed by atoms with Gasteiger partial charge in [-0.3, -0.25) is 0 Å².